The predicted octanol–water partition coefficient (Wildman–Crippen LogP) is 4.98. The summed E-state index contributed by atoms with van der Waals surface area (Å²) in [5.74, 6) is 0.510. The molecule has 154 valence electrons. The van der Waals surface area contributed by atoms with Gasteiger partial charge in [0.05, 0.1) is 18.4 Å². The fourth-order valence-electron chi connectivity index (χ4n) is 2.66. The molecule has 0 aliphatic carbocycles. The van der Waals surface area contributed by atoms with Crippen LogP contribution in [0.1, 0.15) is 51.8 Å². The van der Waals surface area contributed by atoms with Crippen LogP contribution in [0.2, 0.25) is 0 Å². The molecule has 0 saturated carbocycles. The molecule has 30 heavy (non-hydrogen) atoms. The summed E-state index contributed by atoms with van der Waals surface area (Å²) in [4.78, 5) is 24.0. The van der Waals surface area contributed by atoms with Crippen LogP contribution in [0.25, 0.3) is 11.3 Å². The van der Waals surface area contributed by atoms with Gasteiger partial charge >= 0.3 is 5.97 Å². The van der Waals surface area contributed by atoms with E-state index in [0.29, 0.717) is 29.3 Å². The van der Waals surface area contributed by atoms with E-state index in [1.807, 2.05) is 26.0 Å². The Bertz CT molecular complexity index is 1020. The summed E-state index contributed by atoms with van der Waals surface area (Å²) in [5, 5.41) is 3.94. The lowest BCUT2D eigenvalue weighted by molar-refractivity contribution is 0.0499. The van der Waals surface area contributed by atoms with E-state index in [4.69, 9.17) is 9.15 Å². The van der Waals surface area contributed by atoms with Crippen LogP contribution >= 0.6 is 0 Å². The highest BCUT2D eigenvalue weighted by molar-refractivity contribution is 5.94. The first-order chi connectivity index (χ1) is 14.6. The SMILES string of the molecule is CCCCOC(=O)c1ccc(-c2ccc(/C=N\NC(=O)c3ccc(C)cc3)o2)cc1. The molecule has 1 N–H and O–H groups in total. The maximum absolute atomic E-state index is 12.0. The Morgan fingerprint density at radius 3 is 2.40 bits per heavy atom. The van der Waals surface area contributed by atoms with E-state index < -0.39 is 0 Å². The number of nitrogens with zero attached hydrogens (tertiary/aromatic N) is 1. The van der Waals surface area contributed by atoms with Gasteiger partial charge in [-0.2, -0.15) is 5.10 Å². The number of carbonyl (C=O) groups excluding carboxylic acids is 2. The Morgan fingerprint density at radius 1 is 1.00 bits per heavy atom. The molecule has 1 amide bonds. The maximum Gasteiger partial charge on any atom is 0.338 e. The number of carbonyl (C=O) groups is 2. The number of hydrazone groups is 1. The zero-order valence-corrected chi connectivity index (χ0v) is 17.1. The maximum atomic E-state index is 12.0. The number of hydrogen-bond donors (Lipinski definition) is 1. The van der Waals surface area contributed by atoms with Crippen LogP contribution in [-0.2, 0) is 4.74 Å². The number of hydrogen-bond acceptors (Lipinski definition) is 5. The molecule has 0 aliphatic rings. The Labute approximate surface area is 175 Å². The number of esters is 1. The fraction of sp³-hybridized carbons (Fsp3) is 0.208. The number of unbranched alkanes of at least 4 members (excludes halogenated alkanes) is 1. The molecular formula is C24H24N2O4. The van der Waals surface area contributed by atoms with Gasteiger partial charge in [0.2, 0.25) is 0 Å². The molecule has 2 aromatic carbocycles. The minimum absolute atomic E-state index is 0.292. The third-order valence-corrected chi connectivity index (χ3v) is 4.43. The molecule has 0 unspecified atom stereocenters. The second-order valence-corrected chi connectivity index (χ2v) is 6.83. The quantitative estimate of drug-likeness (QED) is 0.249. The van der Waals surface area contributed by atoms with E-state index in [9.17, 15) is 9.59 Å². The minimum atomic E-state index is -0.327. The number of amides is 1. The summed E-state index contributed by atoms with van der Waals surface area (Å²) in [6.45, 7) is 4.43. The molecule has 6 nitrogen and oxygen atoms in total. The number of benzene rings is 2. The Balaban J connectivity index is 1.57. The summed E-state index contributed by atoms with van der Waals surface area (Å²) in [6.07, 6.45) is 3.27. The van der Waals surface area contributed by atoms with Gasteiger partial charge in [-0.1, -0.05) is 43.2 Å². The van der Waals surface area contributed by atoms with Gasteiger partial charge in [-0.15, -0.1) is 0 Å². The van der Waals surface area contributed by atoms with Crippen molar-refractivity contribution in [3.05, 3.63) is 83.1 Å². The third-order valence-electron chi connectivity index (χ3n) is 4.43. The van der Waals surface area contributed by atoms with Crippen molar-refractivity contribution in [2.75, 3.05) is 6.61 Å². The average Bonchev–Trinajstić information content (AvgIpc) is 3.23. The summed E-state index contributed by atoms with van der Waals surface area (Å²) >= 11 is 0. The summed E-state index contributed by atoms with van der Waals surface area (Å²) in [7, 11) is 0. The highest BCUT2D eigenvalue weighted by atomic mass is 16.5. The number of ether oxygens (including phenoxy) is 1. The standard InChI is InChI=1S/C24H24N2O4/c1-3-4-15-29-24(28)20-11-9-18(10-12-20)22-14-13-21(30-22)16-25-26-23(27)19-7-5-17(2)6-8-19/h5-14,16H,3-4,15H2,1-2H3,(H,26,27)/b25-16-. The van der Waals surface area contributed by atoms with Crippen LogP contribution in [0.3, 0.4) is 0 Å². The minimum Gasteiger partial charge on any atom is -0.462 e. The van der Waals surface area contributed by atoms with Gasteiger partial charge in [0.25, 0.3) is 5.91 Å². The van der Waals surface area contributed by atoms with Crippen molar-refractivity contribution < 1.29 is 18.7 Å². The van der Waals surface area contributed by atoms with E-state index in [0.717, 1.165) is 24.0 Å². The number of nitrogens with one attached hydrogen (secondary N) is 1. The molecule has 1 heterocycles. The van der Waals surface area contributed by atoms with Crippen molar-refractivity contribution in [2.45, 2.75) is 26.7 Å². The van der Waals surface area contributed by atoms with Gasteiger partial charge in [0, 0.05) is 11.1 Å². The van der Waals surface area contributed by atoms with E-state index in [2.05, 4.69) is 10.5 Å². The Morgan fingerprint density at radius 2 is 1.70 bits per heavy atom. The van der Waals surface area contributed by atoms with Gasteiger partial charge in [-0.3, -0.25) is 4.79 Å². The lowest BCUT2D eigenvalue weighted by Crippen LogP contribution is -2.17. The van der Waals surface area contributed by atoms with Crippen molar-refractivity contribution in [1.82, 2.24) is 5.43 Å². The summed E-state index contributed by atoms with van der Waals surface area (Å²) in [6, 6.07) is 17.8. The van der Waals surface area contributed by atoms with Gasteiger partial charge in [0.15, 0.2) is 0 Å². The monoisotopic (exact) mass is 404 g/mol. The van der Waals surface area contributed by atoms with Gasteiger partial charge in [-0.25, -0.2) is 10.2 Å². The zero-order chi connectivity index (χ0) is 21.3. The van der Waals surface area contributed by atoms with Crippen LogP contribution in [0, 0.1) is 6.92 Å². The average molecular weight is 404 g/mol. The van der Waals surface area contributed by atoms with Crippen LogP contribution in [0.4, 0.5) is 0 Å². The molecule has 0 bridgehead atoms. The molecule has 1 aromatic heterocycles. The van der Waals surface area contributed by atoms with Crippen molar-refractivity contribution in [3.8, 4) is 11.3 Å². The normalized spacial score (nSPS) is 10.9. The molecule has 0 aliphatic heterocycles. The number of rotatable bonds is 8. The van der Waals surface area contributed by atoms with Crippen molar-refractivity contribution in [1.29, 1.82) is 0 Å². The molecule has 0 saturated heterocycles. The molecule has 3 aromatic rings. The first kappa shape index (κ1) is 21.0. The molecule has 6 heteroatoms. The molecule has 0 fully saturated rings. The van der Waals surface area contributed by atoms with E-state index >= 15 is 0 Å². The lowest BCUT2D eigenvalue weighted by Gasteiger charge is -2.04. The summed E-state index contributed by atoms with van der Waals surface area (Å²) < 4.78 is 10.9. The highest BCUT2D eigenvalue weighted by Crippen LogP contribution is 2.22. The van der Waals surface area contributed by atoms with Crippen molar-refractivity contribution in [3.63, 3.8) is 0 Å². The van der Waals surface area contributed by atoms with Gasteiger partial charge < -0.3 is 9.15 Å². The largest absolute Gasteiger partial charge is 0.462 e. The molecule has 0 radical (unpaired) electrons. The number of aryl methyl sites for hydroxylation is 1. The Hall–Kier alpha value is -3.67. The smallest absolute Gasteiger partial charge is 0.338 e. The van der Waals surface area contributed by atoms with E-state index in [1.54, 1.807) is 48.5 Å². The third kappa shape index (κ3) is 5.67. The van der Waals surface area contributed by atoms with Crippen molar-refractivity contribution >= 4 is 18.1 Å². The second-order valence-electron chi connectivity index (χ2n) is 6.83. The fourth-order valence-corrected chi connectivity index (χ4v) is 2.66. The second kappa shape index (κ2) is 10.2. The van der Waals surface area contributed by atoms with Crippen molar-refractivity contribution in [2.24, 2.45) is 5.10 Å². The van der Waals surface area contributed by atoms with E-state index in [-0.39, 0.29) is 11.9 Å². The highest BCUT2D eigenvalue weighted by Gasteiger charge is 2.09. The van der Waals surface area contributed by atoms with Crippen LogP contribution in [0.15, 0.2) is 70.2 Å². The van der Waals surface area contributed by atoms with Crippen LogP contribution in [-0.4, -0.2) is 24.7 Å². The topological polar surface area (TPSA) is 80.9 Å². The van der Waals surface area contributed by atoms with E-state index in [1.165, 1.54) is 6.21 Å². The van der Waals surface area contributed by atoms with Crippen LogP contribution in [0.5, 0.6) is 0 Å². The van der Waals surface area contributed by atoms with Gasteiger partial charge in [0.1, 0.15) is 11.5 Å². The first-order valence-corrected chi connectivity index (χ1v) is 9.84. The summed E-state index contributed by atoms with van der Waals surface area (Å²) in [5.41, 5.74) is 5.42. The van der Waals surface area contributed by atoms with Crippen LogP contribution < -0.4 is 5.43 Å². The lowest BCUT2D eigenvalue weighted by atomic mass is 10.1. The van der Waals surface area contributed by atoms with Gasteiger partial charge in [-0.05, 0) is 49.7 Å². The molecule has 0 spiro atoms. The zero-order valence-electron chi connectivity index (χ0n) is 17.1. The molecular weight excluding hydrogens is 380 g/mol. The molecule has 0 atom stereocenters. The molecule has 3 rings (SSSR count). The first-order valence-electron chi connectivity index (χ1n) is 9.84. The number of furan rings is 1. The Kier molecular flexibility index (Phi) is 7.16. The predicted molar refractivity (Wildman–Crippen MR) is 116 cm³/mol.